The number of aromatic nitrogens is 2. The number of anilines is 2. The van der Waals surface area contributed by atoms with E-state index in [-0.39, 0.29) is 23.3 Å². The van der Waals surface area contributed by atoms with Gasteiger partial charge in [0.15, 0.2) is 17.3 Å². The van der Waals surface area contributed by atoms with Crippen LogP contribution in [0.1, 0.15) is 0 Å². The van der Waals surface area contributed by atoms with E-state index in [1.54, 1.807) is 11.0 Å². The molecule has 9 heteroatoms. The average Bonchev–Trinajstić information content (AvgIpc) is 2.46. The summed E-state index contributed by atoms with van der Waals surface area (Å²) in [4.78, 5) is 9.37. The molecular formula is C13H9ClF3N3O2. The number of hydrogen-bond acceptors (Lipinski definition) is 5. The Morgan fingerprint density at radius 3 is 2.82 bits per heavy atom. The molecule has 5 nitrogen and oxygen atoms in total. The molecule has 2 heterocycles. The molecule has 0 bridgehead atoms. The first-order chi connectivity index (χ1) is 10.4. The quantitative estimate of drug-likeness (QED) is 0.787. The Hall–Kier alpha value is -2.22. The zero-order chi connectivity index (χ0) is 15.7. The van der Waals surface area contributed by atoms with Crippen molar-refractivity contribution < 1.29 is 22.6 Å². The highest BCUT2D eigenvalue weighted by atomic mass is 35.5. The maximum absolute atomic E-state index is 12.5. The fourth-order valence-corrected chi connectivity index (χ4v) is 2.24. The number of benzene rings is 1. The van der Waals surface area contributed by atoms with Gasteiger partial charge < -0.3 is 14.4 Å². The third kappa shape index (κ3) is 3.01. The fourth-order valence-electron chi connectivity index (χ4n) is 2.11. The molecule has 3 rings (SSSR count). The zero-order valence-electron chi connectivity index (χ0n) is 11.0. The molecule has 0 N–H and O–H groups in total. The third-order valence-corrected chi connectivity index (χ3v) is 3.10. The highest BCUT2D eigenvalue weighted by molar-refractivity contribution is 6.28. The summed E-state index contributed by atoms with van der Waals surface area (Å²) in [5, 5.41) is -0.0246. The molecule has 0 saturated carbocycles. The minimum Gasteiger partial charge on any atom is -0.486 e. The number of rotatable bonds is 2. The van der Waals surface area contributed by atoms with Gasteiger partial charge in [0.2, 0.25) is 5.28 Å². The minimum atomic E-state index is -4.78. The number of para-hydroxylation sites is 2. The van der Waals surface area contributed by atoms with Gasteiger partial charge in [0.05, 0.1) is 18.4 Å². The summed E-state index contributed by atoms with van der Waals surface area (Å²) in [6.07, 6.45) is -3.40. The lowest BCUT2D eigenvalue weighted by Crippen LogP contribution is -2.30. The Labute approximate surface area is 128 Å². The van der Waals surface area contributed by atoms with Crippen LogP contribution in [0.25, 0.3) is 0 Å². The predicted molar refractivity (Wildman–Crippen MR) is 72.7 cm³/mol. The first-order valence-electron chi connectivity index (χ1n) is 6.22. The van der Waals surface area contributed by atoms with Crippen molar-refractivity contribution in [3.8, 4) is 11.5 Å². The normalized spacial score (nSPS) is 14.3. The SMILES string of the molecule is FC(F)(F)Oc1ccccc1N1CCOc2cnc(Cl)nc21. The van der Waals surface area contributed by atoms with Crippen LogP contribution in [0.5, 0.6) is 11.5 Å². The summed E-state index contributed by atoms with van der Waals surface area (Å²) in [5.41, 5.74) is 0.221. The van der Waals surface area contributed by atoms with Gasteiger partial charge in [-0.05, 0) is 23.7 Å². The van der Waals surface area contributed by atoms with E-state index in [9.17, 15) is 13.2 Å². The van der Waals surface area contributed by atoms with Crippen molar-refractivity contribution in [2.75, 3.05) is 18.1 Å². The molecule has 0 saturated heterocycles. The van der Waals surface area contributed by atoms with Gasteiger partial charge in [-0.25, -0.2) is 4.98 Å². The van der Waals surface area contributed by atoms with Gasteiger partial charge in [0.25, 0.3) is 0 Å². The summed E-state index contributed by atoms with van der Waals surface area (Å²) in [5.74, 6) is 0.319. The van der Waals surface area contributed by atoms with Gasteiger partial charge in [-0.3, -0.25) is 0 Å². The van der Waals surface area contributed by atoms with E-state index in [1.165, 1.54) is 24.4 Å². The molecule has 0 amide bonds. The fraction of sp³-hybridized carbons (Fsp3) is 0.231. The van der Waals surface area contributed by atoms with Crippen LogP contribution in [-0.4, -0.2) is 29.5 Å². The molecular weight excluding hydrogens is 323 g/mol. The minimum absolute atomic E-state index is 0.0246. The number of halogens is 4. The van der Waals surface area contributed by atoms with Gasteiger partial charge in [0.1, 0.15) is 6.61 Å². The van der Waals surface area contributed by atoms with Crippen LogP contribution in [0.2, 0.25) is 5.28 Å². The standard InChI is InChI=1S/C13H9ClF3N3O2/c14-12-18-7-10-11(19-12)20(5-6-21-10)8-3-1-2-4-9(8)22-13(15,16)17/h1-4,7H,5-6H2. The number of alkyl halides is 3. The van der Waals surface area contributed by atoms with Crippen LogP contribution in [0.4, 0.5) is 24.7 Å². The van der Waals surface area contributed by atoms with Crippen LogP contribution < -0.4 is 14.4 Å². The summed E-state index contributed by atoms with van der Waals surface area (Å²) in [6.45, 7) is 0.580. The first kappa shape index (κ1) is 14.7. The molecule has 0 radical (unpaired) electrons. The Morgan fingerprint density at radius 2 is 2.05 bits per heavy atom. The van der Waals surface area contributed by atoms with E-state index in [0.717, 1.165) is 0 Å². The predicted octanol–water partition coefficient (Wildman–Crippen LogP) is 3.56. The van der Waals surface area contributed by atoms with E-state index >= 15 is 0 Å². The lowest BCUT2D eigenvalue weighted by atomic mass is 10.2. The zero-order valence-corrected chi connectivity index (χ0v) is 11.7. The van der Waals surface area contributed by atoms with Crippen molar-refractivity contribution in [1.82, 2.24) is 9.97 Å². The Kier molecular flexibility index (Phi) is 3.69. The van der Waals surface area contributed by atoms with E-state index < -0.39 is 6.36 Å². The van der Waals surface area contributed by atoms with Crippen molar-refractivity contribution in [3.05, 3.63) is 35.7 Å². The molecule has 0 atom stereocenters. The first-order valence-corrected chi connectivity index (χ1v) is 6.59. The Balaban J connectivity index is 2.05. The van der Waals surface area contributed by atoms with Crippen LogP contribution in [0.15, 0.2) is 30.5 Å². The highest BCUT2D eigenvalue weighted by Crippen LogP contribution is 2.40. The van der Waals surface area contributed by atoms with Gasteiger partial charge in [0, 0.05) is 0 Å². The molecule has 116 valence electrons. The van der Waals surface area contributed by atoms with E-state index in [2.05, 4.69) is 14.7 Å². The second-order valence-corrected chi connectivity index (χ2v) is 4.68. The number of ether oxygens (including phenoxy) is 2. The maximum atomic E-state index is 12.5. The van der Waals surface area contributed by atoms with E-state index in [0.29, 0.717) is 18.1 Å². The molecule has 0 fully saturated rings. The second-order valence-electron chi connectivity index (χ2n) is 4.34. The number of fused-ring (bicyclic) bond motifs is 1. The molecule has 1 aliphatic heterocycles. The van der Waals surface area contributed by atoms with Crippen LogP contribution >= 0.6 is 11.6 Å². The molecule has 1 aromatic carbocycles. The lowest BCUT2D eigenvalue weighted by molar-refractivity contribution is -0.274. The lowest BCUT2D eigenvalue weighted by Gasteiger charge is -2.30. The smallest absolute Gasteiger partial charge is 0.486 e. The monoisotopic (exact) mass is 331 g/mol. The molecule has 1 aromatic heterocycles. The van der Waals surface area contributed by atoms with E-state index in [1.807, 2.05) is 0 Å². The van der Waals surface area contributed by atoms with Gasteiger partial charge in [-0.2, -0.15) is 4.98 Å². The molecule has 0 spiro atoms. The van der Waals surface area contributed by atoms with Crippen molar-refractivity contribution in [2.45, 2.75) is 6.36 Å². The number of nitrogens with zero attached hydrogens (tertiary/aromatic N) is 3. The van der Waals surface area contributed by atoms with Crippen LogP contribution in [0.3, 0.4) is 0 Å². The topological polar surface area (TPSA) is 47.5 Å². The molecule has 0 aliphatic carbocycles. The number of hydrogen-bond donors (Lipinski definition) is 0. The third-order valence-electron chi connectivity index (χ3n) is 2.92. The molecule has 22 heavy (non-hydrogen) atoms. The van der Waals surface area contributed by atoms with E-state index in [4.69, 9.17) is 16.3 Å². The van der Waals surface area contributed by atoms with Crippen molar-refractivity contribution >= 4 is 23.1 Å². The van der Waals surface area contributed by atoms with Crippen LogP contribution in [-0.2, 0) is 0 Å². The summed E-state index contributed by atoms with van der Waals surface area (Å²) in [7, 11) is 0. The van der Waals surface area contributed by atoms with Gasteiger partial charge >= 0.3 is 6.36 Å². The van der Waals surface area contributed by atoms with Gasteiger partial charge in [-0.15, -0.1) is 13.2 Å². The molecule has 1 aliphatic rings. The van der Waals surface area contributed by atoms with Crippen molar-refractivity contribution in [3.63, 3.8) is 0 Å². The molecule has 0 unspecified atom stereocenters. The van der Waals surface area contributed by atoms with Gasteiger partial charge in [-0.1, -0.05) is 12.1 Å². The molecule has 2 aromatic rings. The Morgan fingerprint density at radius 1 is 1.27 bits per heavy atom. The summed E-state index contributed by atoms with van der Waals surface area (Å²) in [6, 6.07) is 5.81. The highest BCUT2D eigenvalue weighted by Gasteiger charge is 2.33. The summed E-state index contributed by atoms with van der Waals surface area (Å²) >= 11 is 5.76. The van der Waals surface area contributed by atoms with Crippen LogP contribution in [0, 0.1) is 0 Å². The summed E-state index contributed by atoms with van der Waals surface area (Å²) < 4.78 is 47.1. The largest absolute Gasteiger partial charge is 0.573 e. The maximum Gasteiger partial charge on any atom is 0.573 e. The second kappa shape index (κ2) is 5.53. The average molecular weight is 332 g/mol. The Bertz CT molecular complexity index is 696. The van der Waals surface area contributed by atoms with Crippen molar-refractivity contribution in [1.29, 1.82) is 0 Å². The van der Waals surface area contributed by atoms with Crippen molar-refractivity contribution in [2.24, 2.45) is 0 Å².